The molecule has 0 aliphatic heterocycles. The summed E-state index contributed by atoms with van der Waals surface area (Å²) in [5.74, 6) is 0. The van der Waals surface area contributed by atoms with E-state index in [2.05, 4.69) is 15.9 Å². The van der Waals surface area contributed by atoms with Gasteiger partial charge in [0.2, 0.25) is 0 Å². The standard InChI is InChI=1S/C8H7BrO/c9-8-4-2-1-3-7(8)5-6-10/h1-4,6H,5H2. The molecule has 0 unspecified atom stereocenters. The Bertz CT molecular complexity index is 232. The molecule has 0 aliphatic rings. The van der Waals surface area contributed by atoms with E-state index < -0.39 is 0 Å². The molecular weight excluding hydrogens is 192 g/mol. The fourth-order valence-corrected chi connectivity index (χ4v) is 1.20. The summed E-state index contributed by atoms with van der Waals surface area (Å²) in [6.07, 6.45) is 1.39. The van der Waals surface area contributed by atoms with Crippen LogP contribution < -0.4 is 0 Å². The minimum absolute atomic E-state index is 0.488. The van der Waals surface area contributed by atoms with Gasteiger partial charge in [0.15, 0.2) is 0 Å². The van der Waals surface area contributed by atoms with Crippen LogP contribution in [0, 0.1) is 0 Å². The molecule has 10 heavy (non-hydrogen) atoms. The number of carbonyl (C=O) groups excluding carboxylic acids is 1. The van der Waals surface area contributed by atoms with Crippen LogP contribution in [-0.2, 0) is 11.2 Å². The van der Waals surface area contributed by atoms with Crippen LogP contribution in [0.25, 0.3) is 0 Å². The third-order valence-electron chi connectivity index (χ3n) is 1.26. The highest BCUT2D eigenvalue weighted by atomic mass is 79.9. The van der Waals surface area contributed by atoms with Crippen molar-refractivity contribution in [3.05, 3.63) is 34.3 Å². The third kappa shape index (κ3) is 1.67. The van der Waals surface area contributed by atoms with Crippen LogP contribution in [0.15, 0.2) is 28.7 Å². The molecule has 0 bridgehead atoms. The molecule has 0 aliphatic carbocycles. The highest BCUT2D eigenvalue weighted by Crippen LogP contribution is 2.14. The quantitative estimate of drug-likeness (QED) is 0.667. The molecular formula is C8H7BrO. The fraction of sp³-hybridized carbons (Fsp3) is 0.125. The maximum atomic E-state index is 10.1. The summed E-state index contributed by atoms with van der Waals surface area (Å²) in [5.41, 5.74) is 1.04. The fourth-order valence-electron chi connectivity index (χ4n) is 0.754. The lowest BCUT2D eigenvalue weighted by Gasteiger charge is -1.96. The predicted molar refractivity (Wildman–Crippen MR) is 43.9 cm³/mol. The summed E-state index contributed by atoms with van der Waals surface area (Å²) in [7, 11) is 0. The predicted octanol–water partition coefficient (Wildman–Crippen LogP) is 2.19. The van der Waals surface area contributed by atoms with Gasteiger partial charge in [-0.1, -0.05) is 34.1 Å². The average molecular weight is 199 g/mol. The number of hydrogen-bond donors (Lipinski definition) is 0. The molecule has 0 spiro atoms. The zero-order valence-corrected chi connectivity index (χ0v) is 6.97. The molecule has 0 radical (unpaired) electrons. The lowest BCUT2D eigenvalue weighted by molar-refractivity contribution is -0.107. The van der Waals surface area contributed by atoms with E-state index in [1.54, 1.807) is 0 Å². The zero-order valence-electron chi connectivity index (χ0n) is 5.38. The van der Waals surface area contributed by atoms with Crippen molar-refractivity contribution >= 4 is 22.2 Å². The van der Waals surface area contributed by atoms with Crippen LogP contribution in [0.4, 0.5) is 0 Å². The first-order chi connectivity index (χ1) is 4.84. The monoisotopic (exact) mass is 198 g/mol. The number of hydrogen-bond acceptors (Lipinski definition) is 1. The van der Waals surface area contributed by atoms with Crippen LogP contribution in [0.2, 0.25) is 0 Å². The van der Waals surface area contributed by atoms with E-state index in [0.29, 0.717) is 6.42 Å². The van der Waals surface area contributed by atoms with Gasteiger partial charge in [-0.15, -0.1) is 0 Å². The van der Waals surface area contributed by atoms with E-state index in [0.717, 1.165) is 16.3 Å². The Kier molecular flexibility index (Phi) is 2.63. The van der Waals surface area contributed by atoms with E-state index in [1.807, 2.05) is 24.3 Å². The molecule has 0 saturated carbocycles. The Hall–Kier alpha value is -0.630. The summed E-state index contributed by atoms with van der Waals surface area (Å²) in [6, 6.07) is 7.71. The summed E-state index contributed by atoms with van der Waals surface area (Å²) in [4.78, 5) is 10.1. The van der Waals surface area contributed by atoms with E-state index in [1.165, 1.54) is 0 Å². The van der Waals surface area contributed by atoms with Crippen LogP contribution in [0.3, 0.4) is 0 Å². The van der Waals surface area contributed by atoms with Gasteiger partial charge in [0.25, 0.3) is 0 Å². The molecule has 1 nitrogen and oxygen atoms in total. The molecule has 1 aromatic carbocycles. The first-order valence-electron chi connectivity index (χ1n) is 3.01. The van der Waals surface area contributed by atoms with E-state index in [9.17, 15) is 4.79 Å². The number of carbonyl (C=O) groups is 1. The van der Waals surface area contributed by atoms with Crippen molar-refractivity contribution in [2.24, 2.45) is 0 Å². The molecule has 1 aromatic rings. The van der Waals surface area contributed by atoms with Gasteiger partial charge in [-0.2, -0.15) is 0 Å². The normalized spacial score (nSPS) is 9.30. The van der Waals surface area contributed by atoms with E-state index in [4.69, 9.17) is 0 Å². The van der Waals surface area contributed by atoms with Crippen molar-refractivity contribution in [2.45, 2.75) is 6.42 Å². The highest BCUT2D eigenvalue weighted by molar-refractivity contribution is 9.10. The molecule has 0 heterocycles. The Morgan fingerprint density at radius 3 is 2.70 bits per heavy atom. The maximum Gasteiger partial charge on any atom is 0.124 e. The number of halogens is 1. The largest absolute Gasteiger partial charge is 0.303 e. The van der Waals surface area contributed by atoms with Crippen LogP contribution in [0.5, 0.6) is 0 Å². The van der Waals surface area contributed by atoms with Crippen LogP contribution in [-0.4, -0.2) is 6.29 Å². The van der Waals surface area contributed by atoms with Gasteiger partial charge >= 0.3 is 0 Å². The summed E-state index contributed by atoms with van der Waals surface area (Å²) < 4.78 is 1.00. The average Bonchev–Trinajstić information content (AvgIpc) is 1.94. The van der Waals surface area contributed by atoms with Gasteiger partial charge in [-0.3, -0.25) is 0 Å². The summed E-state index contributed by atoms with van der Waals surface area (Å²) >= 11 is 3.34. The molecule has 1 rings (SSSR count). The van der Waals surface area contributed by atoms with Gasteiger partial charge in [0, 0.05) is 10.9 Å². The Morgan fingerprint density at radius 2 is 2.10 bits per heavy atom. The van der Waals surface area contributed by atoms with Crippen molar-refractivity contribution in [3.63, 3.8) is 0 Å². The lowest BCUT2D eigenvalue weighted by atomic mass is 10.2. The van der Waals surface area contributed by atoms with E-state index >= 15 is 0 Å². The summed E-state index contributed by atoms with van der Waals surface area (Å²) in [6.45, 7) is 0. The maximum absolute atomic E-state index is 10.1. The molecule has 52 valence electrons. The van der Waals surface area contributed by atoms with Crippen LogP contribution >= 0.6 is 15.9 Å². The second kappa shape index (κ2) is 3.52. The topological polar surface area (TPSA) is 17.1 Å². The molecule has 0 aromatic heterocycles. The summed E-state index contributed by atoms with van der Waals surface area (Å²) in [5, 5.41) is 0. The first-order valence-corrected chi connectivity index (χ1v) is 3.81. The minimum atomic E-state index is 0.488. The SMILES string of the molecule is O=CCc1ccccc1Br. The van der Waals surface area contributed by atoms with Crippen molar-refractivity contribution in [1.82, 2.24) is 0 Å². The zero-order chi connectivity index (χ0) is 7.40. The molecule has 0 saturated heterocycles. The number of rotatable bonds is 2. The highest BCUT2D eigenvalue weighted by Gasteiger charge is 1.94. The van der Waals surface area contributed by atoms with Crippen molar-refractivity contribution in [2.75, 3.05) is 0 Å². The second-order valence-corrected chi connectivity index (χ2v) is 2.82. The third-order valence-corrected chi connectivity index (χ3v) is 2.03. The lowest BCUT2D eigenvalue weighted by Crippen LogP contribution is -1.85. The van der Waals surface area contributed by atoms with Crippen LogP contribution in [0.1, 0.15) is 5.56 Å². The van der Waals surface area contributed by atoms with Gasteiger partial charge in [-0.25, -0.2) is 0 Å². The van der Waals surface area contributed by atoms with Crippen molar-refractivity contribution in [3.8, 4) is 0 Å². The smallest absolute Gasteiger partial charge is 0.124 e. The molecule has 2 heteroatoms. The molecule has 0 N–H and O–H groups in total. The van der Waals surface area contributed by atoms with Gasteiger partial charge in [-0.05, 0) is 11.6 Å². The Balaban J connectivity index is 2.91. The first kappa shape index (κ1) is 7.48. The van der Waals surface area contributed by atoms with E-state index in [-0.39, 0.29) is 0 Å². The number of benzene rings is 1. The molecule has 0 amide bonds. The second-order valence-electron chi connectivity index (χ2n) is 1.96. The van der Waals surface area contributed by atoms with Gasteiger partial charge in [0.05, 0.1) is 0 Å². The Labute approximate surface area is 68.2 Å². The van der Waals surface area contributed by atoms with Crippen molar-refractivity contribution < 1.29 is 4.79 Å². The molecule has 0 atom stereocenters. The van der Waals surface area contributed by atoms with Gasteiger partial charge in [0.1, 0.15) is 6.29 Å². The molecule has 0 fully saturated rings. The number of aldehydes is 1. The Morgan fingerprint density at radius 1 is 1.40 bits per heavy atom. The minimum Gasteiger partial charge on any atom is -0.303 e. The van der Waals surface area contributed by atoms with Crippen molar-refractivity contribution in [1.29, 1.82) is 0 Å². The van der Waals surface area contributed by atoms with Gasteiger partial charge < -0.3 is 4.79 Å².